The van der Waals surface area contributed by atoms with Crippen molar-refractivity contribution in [1.82, 2.24) is 9.97 Å². The van der Waals surface area contributed by atoms with Crippen molar-refractivity contribution < 1.29 is 4.39 Å². The van der Waals surface area contributed by atoms with E-state index < -0.39 is 5.82 Å². The molecule has 0 saturated carbocycles. The summed E-state index contributed by atoms with van der Waals surface area (Å²) < 4.78 is 13.8. The minimum atomic E-state index is -0.417. The fraction of sp³-hybridized carbons (Fsp3) is 0. The summed E-state index contributed by atoms with van der Waals surface area (Å²) in [5.41, 5.74) is 7.99. The molecule has 3 nitrogen and oxygen atoms in total. The number of H-pyrrole nitrogens is 1. The van der Waals surface area contributed by atoms with Crippen LogP contribution in [-0.4, -0.2) is 9.97 Å². The summed E-state index contributed by atoms with van der Waals surface area (Å²) in [6.45, 7) is 0. The number of aromatic nitrogens is 2. The second-order valence-corrected chi connectivity index (χ2v) is 4.33. The van der Waals surface area contributed by atoms with Gasteiger partial charge in [-0.25, -0.2) is 9.37 Å². The van der Waals surface area contributed by atoms with E-state index in [9.17, 15) is 4.39 Å². The SMILES string of the molecule is Nc1cccc2[nH]c(-c3c(F)cccc3Cl)nc12. The van der Waals surface area contributed by atoms with E-state index in [2.05, 4.69) is 9.97 Å². The second-order valence-electron chi connectivity index (χ2n) is 3.93. The van der Waals surface area contributed by atoms with E-state index in [0.717, 1.165) is 5.52 Å². The standard InChI is InChI=1S/C13H9ClFN3/c14-7-3-1-4-8(15)11(7)13-17-10-6-2-5-9(16)12(10)18-13/h1-6H,16H2,(H,17,18). The summed E-state index contributed by atoms with van der Waals surface area (Å²) in [4.78, 5) is 7.32. The number of rotatable bonds is 1. The Balaban J connectivity index is 2.30. The first-order chi connectivity index (χ1) is 8.66. The molecule has 0 fully saturated rings. The van der Waals surface area contributed by atoms with E-state index >= 15 is 0 Å². The Labute approximate surface area is 107 Å². The zero-order valence-corrected chi connectivity index (χ0v) is 10.0. The molecule has 1 heterocycles. The van der Waals surface area contributed by atoms with Crippen LogP contribution in [0.5, 0.6) is 0 Å². The molecule has 3 rings (SSSR count). The maximum atomic E-state index is 13.8. The summed E-state index contributed by atoms with van der Waals surface area (Å²) in [6.07, 6.45) is 0. The zero-order valence-electron chi connectivity index (χ0n) is 9.24. The molecular formula is C13H9ClFN3. The minimum absolute atomic E-state index is 0.259. The largest absolute Gasteiger partial charge is 0.397 e. The van der Waals surface area contributed by atoms with Crippen LogP contribution < -0.4 is 5.73 Å². The van der Waals surface area contributed by atoms with Crippen LogP contribution in [0, 0.1) is 5.82 Å². The molecule has 0 unspecified atom stereocenters. The lowest BCUT2D eigenvalue weighted by molar-refractivity contribution is 0.630. The molecule has 3 aromatic rings. The first-order valence-electron chi connectivity index (χ1n) is 5.35. The predicted molar refractivity (Wildman–Crippen MR) is 70.9 cm³/mol. The number of benzene rings is 2. The van der Waals surface area contributed by atoms with Crippen LogP contribution >= 0.6 is 11.6 Å². The van der Waals surface area contributed by atoms with Crippen molar-refractivity contribution in [3.05, 3.63) is 47.2 Å². The van der Waals surface area contributed by atoms with Crippen LogP contribution in [0.25, 0.3) is 22.4 Å². The van der Waals surface area contributed by atoms with Gasteiger partial charge in [0.25, 0.3) is 0 Å². The highest BCUT2D eigenvalue weighted by molar-refractivity contribution is 6.33. The lowest BCUT2D eigenvalue weighted by atomic mass is 10.2. The fourth-order valence-corrected chi connectivity index (χ4v) is 2.15. The third-order valence-electron chi connectivity index (χ3n) is 2.74. The molecule has 0 amide bonds. The fourth-order valence-electron chi connectivity index (χ4n) is 1.90. The van der Waals surface area contributed by atoms with Crippen molar-refractivity contribution >= 4 is 28.3 Å². The molecule has 2 aromatic carbocycles. The number of halogens is 2. The molecule has 0 atom stereocenters. The maximum Gasteiger partial charge on any atom is 0.143 e. The van der Waals surface area contributed by atoms with Crippen LogP contribution in [0.15, 0.2) is 36.4 Å². The molecule has 0 aliphatic rings. The van der Waals surface area contributed by atoms with Gasteiger partial charge in [0.1, 0.15) is 17.2 Å². The van der Waals surface area contributed by atoms with Gasteiger partial charge in [-0.05, 0) is 24.3 Å². The zero-order chi connectivity index (χ0) is 12.7. The van der Waals surface area contributed by atoms with E-state index in [-0.39, 0.29) is 5.56 Å². The number of anilines is 1. The minimum Gasteiger partial charge on any atom is -0.397 e. The Morgan fingerprint density at radius 2 is 1.94 bits per heavy atom. The van der Waals surface area contributed by atoms with Crippen molar-refractivity contribution in [3.63, 3.8) is 0 Å². The third kappa shape index (κ3) is 1.62. The number of hydrogen-bond acceptors (Lipinski definition) is 2. The summed E-state index contributed by atoms with van der Waals surface area (Å²) in [7, 11) is 0. The predicted octanol–water partition coefficient (Wildman–Crippen LogP) is 3.60. The molecule has 0 radical (unpaired) electrons. The van der Waals surface area contributed by atoms with Crippen molar-refractivity contribution in [1.29, 1.82) is 0 Å². The number of nitrogens with one attached hydrogen (secondary N) is 1. The van der Waals surface area contributed by atoms with E-state index in [4.69, 9.17) is 17.3 Å². The Bertz CT molecular complexity index is 716. The Morgan fingerprint density at radius 3 is 2.67 bits per heavy atom. The molecular weight excluding hydrogens is 253 g/mol. The first kappa shape index (κ1) is 11.0. The summed E-state index contributed by atoms with van der Waals surface area (Å²) in [5.74, 6) is -0.0360. The van der Waals surface area contributed by atoms with Gasteiger partial charge in [-0.15, -0.1) is 0 Å². The van der Waals surface area contributed by atoms with Gasteiger partial charge in [0, 0.05) is 0 Å². The number of hydrogen-bond donors (Lipinski definition) is 2. The normalized spacial score (nSPS) is 11.0. The highest BCUT2D eigenvalue weighted by Gasteiger charge is 2.14. The summed E-state index contributed by atoms with van der Waals surface area (Å²) in [5, 5.41) is 0.313. The van der Waals surface area contributed by atoms with Gasteiger partial charge in [0.2, 0.25) is 0 Å². The number of para-hydroxylation sites is 1. The van der Waals surface area contributed by atoms with Crippen LogP contribution in [0.3, 0.4) is 0 Å². The summed E-state index contributed by atoms with van der Waals surface area (Å²) >= 11 is 6.00. The quantitative estimate of drug-likeness (QED) is 0.658. The second kappa shape index (κ2) is 3.99. The van der Waals surface area contributed by atoms with Gasteiger partial charge in [-0.1, -0.05) is 23.7 Å². The summed E-state index contributed by atoms with van der Waals surface area (Å²) in [6, 6.07) is 9.90. The van der Waals surface area contributed by atoms with Gasteiger partial charge in [-0.2, -0.15) is 0 Å². The monoisotopic (exact) mass is 261 g/mol. The molecule has 1 aromatic heterocycles. The van der Waals surface area contributed by atoms with Gasteiger partial charge >= 0.3 is 0 Å². The highest BCUT2D eigenvalue weighted by atomic mass is 35.5. The lowest BCUT2D eigenvalue weighted by Crippen LogP contribution is -1.88. The maximum absolute atomic E-state index is 13.8. The van der Waals surface area contributed by atoms with Gasteiger partial charge < -0.3 is 10.7 Å². The van der Waals surface area contributed by atoms with Crippen LogP contribution in [0.1, 0.15) is 0 Å². The van der Waals surface area contributed by atoms with E-state index in [1.54, 1.807) is 18.2 Å². The molecule has 0 saturated heterocycles. The topological polar surface area (TPSA) is 54.7 Å². The molecule has 0 aliphatic heterocycles. The average molecular weight is 262 g/mol. The number of imidazole rings is 1. The molecule has 0 spiro atoms. The van der Waals surface area contributed by atoms with Crippen LogP contribution in [0.4, 0.5) is 10.1 Å². The van der Waals surface area contributed by atoms with Gasteiger partial charge in [-0.3, -0.25) is 0 Å². The molecule has 5 heteroatoms. The van der Waals surface area contributed by atoms with E-state index in [0.29, 0.717) is 22.1 Å². The Kier molecular flexibility index (Phi) is 2.45. The van der Waals surface area contributed by atoms with Gasteiger partial charge in [0.05, 0.1) is 21.8 Å². The van der Waals surface area contributed by atoms with Crippen molar-refractivity contribution in [2.45, 2.75) is 0 Å². The number of fused-ring (bicyclic) bond motifs is 1. The Hall–Kier alpha value is -2.07. The smallest absolute Gasteiger partial charge is 0.143 e. The molecule has 90 valence electrons. The first-order valence-corrected chi connectivity index (χ1v) is 5.73. The molecule has 18 heavy (non-hydrogen) atoms. The number of nitrogen functional groups attached to an aromatic ring is 1. The van der Waals surface area contributed by atoms with E-state index in [1.165, 1.54) is 6.07 Å². The van der Waals surface area contributed by atoms with Crippen LogP contribution in [-0.2, 0) is 0 Å². The molecule has 3 N–H and O–H groups in total. The number of aromatic amines is 1. The van der Waals surface area contributed by atoms with Crippen LogP contribution in [0.2, 0.25) is 5.02 Å². The molecule has 0 aliphatic carbocycles. The Morgan fingerprint density at radius 1 is 1.17 bits per heavy atom. The lowest BCUT2D eigenvalue weighted by Gasteiger charge is -2.01. The van der Waals surface area contributed by atoms with E-state index in [1.807, 2.05) is 12.1 Å². The molecule has 0 bridgehead atoms. The number of nitrogens with two attached hydrogens (primary N) is 1. The van der Waals surface area contributed by atoms with Gasteiger partial charge in [0.15, 0.2) is 0 Å². The average Bonchev–Trinajstić information content (AvgIpc) is 2.74. The van der Waals surface area contributed by atoms with Crippen molar-refractivity contribution in [3.8, 4) is 11.4 Å². The third-order valence-corrected chi connectivity index (χ3v) is 3.06. The van der Waals surface area contributed by atoms with Crippen molar-refractivity contribution in [2.75, 3.05) is 5.73 Å². The number of nitrogens with zero attached hydrogens (tertiary/aromatic N) is 1. The van der Waals surface area contributed by atoms with Crippen molar-refractivity contribution in [2.24, 2.45) is 0 Å². The highest BCUT2D eigenvalue weighted by Crippen LogP contribution is 2.31.